The van der Waals surface area contributed by atoms with Crippen molar-refractivity contribution < 1.29 is 10.2 Å². The third-order valence-electron chi connectivity index (χ3n) is 3.15. The van der Waals surface area contributed by atoms with Crippen molar-refractivity contribution in [1.29, 1.82) is 0 Å². The van der Waals surface area contributed by atoms with E-state index in [-0.39, 0.29) is 17.5 Å². The quantitative estimate of drug-likeness (QED) is 0.694. The van der Waals surface area contributed by atoms with Gasteiger partial charge in [-0.3, -0.25) is 4.99 Å². The highest BCUT2D eigenvalue weighted by Gasteiger charge is 2.09. The Morgan fingerprint density at radius 1 is 1.17 bits per heavy atom. The number of benzene rings is 1. The molecule has 0 atom stereocenters. The third-order valence-corrected chi connectivity index (χ3v) is 4.88. The lowest BCUT2D eigenvalue weighted by Gasteiger charge is -2.03. The molecule has 0 fully saturated rings. The highest BCUT2D eigenvalue weighted by molar-refractivity contribution is 7.14. The van der Waals surface area contributed by atoms with E-state index in [2.05, 4.69) is 10.1 Å². The molecule has 7 heteroatoms. The maximum absolute atomic E-state index is 9.91. The average Bonchev–Trinajstić information content (AvgIpc) is 3.15. The first-order chi connectivity index (χ1) is 11.5. The van der Waals surface area contributed by atoms with Crippen LogP contribution >= 0.6 is 22.7 Å². The zero-order chi connectivity index (χ0) is 17.1. The Kier molecular flexibility index (Phi) is 4.82. The Hall–Kier alpha value is -2.38. The van der Waals surface area contributed by atoms with Gasteiger partial charge in [0.25, 0.3) is 0 Å². The SMILES string of the molecule is CC(C)N=c1scc(-c2cccs2)n1N=Cc1ccc(O)cc1O. The number of thiophene rings is 1. The zero-order valence-electron chi connectivity index (χ0n) is 13.2. The summed E-state index contributed by atoms with van der Waals surface area (Å²) >= 11 is 3.17. The fourth-order valence-electron chi connectivity index (χ4n) is 2.08. The summed E-state index contributed by atoms with van der Waals surface area (Å²) in [6, 6.07) is 8.61. The van der Waals surface area contributed by atoms with Crippen LogP contribution in [-0.2, 0) is 0 Å². The van der Waals surface area contributed by atoms with Gasteiger partial charge in [0, 0.05) is 23.1 Å². The van der Waals surface area contributed by atoms with Gasteiger partial charge in [-0.1, -0.05) is 6.07 Å². The number of hydrogen-bond acceptors (Lipinski definition) is 6. The molecule has 24 heavy (non-hydrogen) atoms. The van der Waals surface area contributed by atoms with Crippen molar-refractivity contribution in [2.24, 2.45) is 10.1 Å². The molecule has 0 aliphatic carbocycles. The standard InChI is InChI=1S/C17H17N3O2S2/c1-11(2)19-17-20(14(10-24-17)16-4-3-7-23-16)18-9-12-5-6-13(21)8-15(12)22/h3-11,21-22H,1-2H3. The van der Waals surface area contributed by atoms with E-state index in [0.29, 0.717) is 5.56 Å². The number of phenols is 2. The molecule has 2 heterocycles. The van der Waals surface area contributed by atoms with Crippen molar-refractivity contribution >= 4 is 28.9 Å². The molecule has 124 valence electrons. The Labute approximate surface area is 147 Å². The predicted octanol–water partition coefficient (Wildman–Crippen LogP) is 3.88. The molecule has 0 aliphatic heterocycles. The lowest BCUT2D eigenvalue weighted by molar-refractivity contribution is 0.450. The molecule has 0 amide bonds. The number of aromatic hydroxyl groups is 2. The fraction of sp³-hybridized carbons (Fsp3) is 0.176. The third kappa shape index (κ3) is 3.58. The monoisotopic (exact) mass is 359 g/mol. The summed E-state index contributed by atoms with van der Waals surface area (Å²) in [5, 5.41) is 27.8. The highest BCUT2D eigenvalue weighted by atomic mass is 32.1. The molecule has 3 aromatic rings. The molecule has 5 nitrogen and oxygen atoms in total. The molecule has 0 spiro atoms. The van der Waals surface area contributed by atoms with E-state index in [0.717, 1.165) is 15.4 Å². The lowest BCUT2D eigenvalue weighted by atomic mass is 10.2. The normalized spacial score (nSPS) is 12.5. The van der Waals surface area contributed by atoms with E-state index in [4.69, 9.17) is 0 Å². The molecule has 0 bridgehead atoms. The van der Waals surface area contributed by atoms with Crippen molar-refractivity contribution in [3.05, 3.63) is 51.5 Å². The summed E-state index contributed by atoms with van der Waals surface area (Å²) in [7, 11) is 0. The van der Waals surface area contributed by atoms with Crippen LogP contribution in [0.4, 0.5) is 0 Å². The first-order valence-corrected chi connectivity index (χ1v) is 9.15. The molecule has 3 rings (SSSR count). The maximum Gasteiger partial charge on any atom is 0.206 e. The Bertz CT molecular complexity index is 922. The molecular weight excluding hydrogens is 342 g/mol. The van der Waals surface area contributed by atoms with Crippen LogP contribution in [0.25, 0.3) is 10.6 Å². The van der Waals surface area contributed by atoms with Crippen LogP contribution in [0.1, 0.15) is 19.4 Å². The molecule has 1 aromatic carbocycles. The van der Waals surface area contributed by atoms with E-state index < -0.39 is 0 Å². The van der Waals surface area contributed by atoms with Crippen LogP contribution in [0.3, 0.4) is 0 Å². The van der Waals surface area contributed by atoms with Crippen molar-refractivity contribution in [2.45, 2.75) is 19.9 Å². The van der Waals surface area contributed by atoms with Gasteiger partial charge in [-0.2, -0.15) is 5.10 Å². The smallest absolute Gasteiger partial charge is 0.206 e. The van der Waals surface area contributed by atoms with Crippen molar-refractivity contribution in [3.8, 4) is 22.1 Å². The Morgan fingerprint density at radius 2 is 2.00 bits per heavy atom. The first-order valence-electron chi connectivity index (χ1n) is 7.39. The van der Waals surface area contributed by atoms with Gasteiger partial charge in [-0.25, -0.2) is 4.68 Å². The van der Waals surface area contributed by atoms with Crippen LogP contribution in [0, 0.1) is 0 Å². The minimum Gasteiger partial charge on any atom is -0.508 e. The molecule has 0 unspecified atom stereocenters. The predicted molar refractivity (Wildman–Crippen MR) is 99.1 cm³/mol. The second kappa shape index (κ2) is 7.02. The molecule has 0 aliphatic rings. The number of aromatic nitrogens is 1. The molecular formula is C17H17N3O2S2. The van der Waals surface area contributed by atoms with Crippen molar-refractivity contribution in [1.82, 2.24) is 4.68 Å². The topological polar surface area (TPSA) is 70.1 Å². The molecule has 0 radical (unpaired) electrons. The summed E-state index contributed by atoms with van der Waals surface area (Å²) in [6.07, 6.45) is 1.57. The van der Waals surface area contributed by atoms with Crippen LogP contribution < -0.4 is 4.80 Å². The van der Waals surface area contributed by atoms with E-state index in [1.807, 2.05) is 36.7 Å². The van der Waals surface area contributed by atoms with Crippen LogP contribution in [0.15, 0.2) is 51.2 Å². The zero-order valence-corrected chi connectivity index (χ0v) is 14.9. The van der Waals surface area contributed by atoms with E-state index in [1.54, 1.807) is 28.3 Å². The summed E-state index contributed by atoms with van der Waals surface area (Å²) in [5.41, 5.74) is 1.49. The second-order valence-corrected chi connectivity index (χ2v) is 7.19. The average molecular weight is 359 g/mol. The van der Waals surface area contributed by atoms with Gasteiger partial charge in [0.05, 0.1) is 16.8 Å². The van der Waals surface area contributed by atoms with Crippen molar-refractivity contribution in [3.63, 3.8) is 0 Å². The number of phenolic OH excluding ortho intramolecular Hbond substituents is 2. The van der Waals surface area contributed by atoms with Gasteiger partial charge in [0.1, 0.15) is 11.5 Å². The summed E-state index contributed by atoms with van der Waals surface area (Å²) < 4.78 is 1.78. The highest BCUT2D eigenvalue weighted by Crippen LogP contribution is 2.25. The molecule has 2 N–H and O–H groups in total. The minimum absolute atomic E-state index is 0.0163. The summed E-state index contributed by atoms with van der Waals surface area (Å²) in [5.74, 6) is -0.00258. The summed E-state index contributed by atoms with van der Waals surface area (Å²) in [6.45, 7) is 4.04. The van der Waals surface area contributed by atoms with Gasteiger partial charge in [0.15, 0.2) is 0 Å². The van der Waals surface area contributed by atoms with Crippen LogP contribution in [-0.4, -0.2) is 27.1 Å². The molecule has 0 saturated carbocycles. The fourth-order valence-corrected chi connectivity index (χ4v) is 3.84. The maximum atomic E-state index is 9.91. The minimum atomic E-state index is -0.0189. The van der Waals surface area contributed by atoms with Gasteiger partial charge < -0.3 is 10.2 Å². The van der Waals surface area contributed by atoms with Crippen molar-refractivity contribution in [2.75, 3.05) is 0 Å². The molecule has 2 aromatic heterocycles. The lowest BCUT2D eigenvalue weighted by Crippen LogP contribution is -2.14. The molecule has 0 saturated heterocycles. The van der Waals surface area contributed by atoms with Crippen LogP contribution in [0.2, 0.25) is 0 Å². The first kappa shape index (κ1) is 16.5. The van der Waals surface area contributed by atoms with Crippen LogP contribution in [0.5, 0.6) is 11.5 Å². The Balaban J connectivity index is 2.08. The Morgan fingerprint density at radius 3 is 2.67 bits per heavy atom. The second-order valence-electron chi connectivity index (χ2n) is 5.40. The van der Waals surface area contributed by atoms with Gasteiger partial charge in [-0.15, -0.1) is 22.7 Å². The summed E-state index contributed by atoms with van der Waals surface area (Å²) in [4.78, 5) is 6.50. The number of hydrogen-bond donors (Lipinski definition) is 2. The largest absolute Gasteiger partial charge is 0.508 e. The van der Waals surface area contributed by atoms with E-state index >= 15 is 0 Å². The van der Waals surface area contributed by atoms with Gasteiger partial charge in [-0.05, 0) is 37.4 Å². The van der Waals surface area contributed by atoms with Gasteiger partial charge >= 0.3 is 0 Å². The van der Waals surface area contributed by atoms with E-state index in [9.17, 15) is 10.2 Å². The number of nitrogens with zero attached hydrogens (tertiary/aromatic N) is 3. The number of rotatable bonds is 4. The van der Waals surface area contributed by atoms with Gasteiger partial charge in [0.2, 0.25) is 4.80 Å². The number of thiazole rings is 1. The van der Waals surface area contributed by atoms with E-state index in [1.165, 1.54) is 23.5 Å².